The van der Waals surface area contributed by atoms with Gasteiger partial charge in [0.2, 0.25) is 5.91 Å². The van der Waals surface area contributed by atoms with Crippen LogP contribution < -0.4 is 10.6 Å². The SMILES string of the molecule is CCCCN1C(=O)c2cc(C(=O)Nc3cc(C)ccc3C)nn2C[C@@]1(C)C(=O)NC1CCCC1. The van der Waals surface area contributed by atoms with Crippen LogP contribution in [-0.2, 0) is 11.3 Å². The number of hydrogen-bond acceptors (Lipinski definition) is 4. The molecule has 1 fully saturated rings. The molecule has 1 aromatic heterocycles. The van der Waals surface area contributed by atoms with E-state index in [1.165, 1.54) is 10.7 Å². The summed E-state index contributed by atoms with van der Waals surface area (Å²) in [6, 6.07) is 7.54. The molecule has 0 saturated heterocycles. The molecule has 8 heteroatoms. The van der Waals surface area contributed by atoms with Gasteiger partial charge in [-0.15, -0.1) is 0 Å². The van der Waals surface area contributed by atoms with E-state index >= 15 is 0 Å². The highest BCUT2D eigenvalue weighted by atomic mass is 16.2. The first-order valence-electron chi connectivity index (χ1n) is 12.3. The fraction of sp³-hybridized carbons (Fsp3) is 0.538. The maximum Gasteiger partial charge on any atom is 0.276 e. The Labute approximate surface area is 201 Å². The molecule has 34 heavy (non-hydrogen) atoms. The van der Waals surface area contributed by atoms with Gasteiger partial charge in [-0.2, -0.15) is 5.10 Å². The summed E-state index contributed by atoms with van der Waals surface area (Å²) in [6.07, 6.45) is 5.88. The quantitative estimate of drug-likeness (QED) is 0.650. The van der Waals surface area contributed by atoms with Crippen molar-refractivity contribution in [2.45, 2.75) is 84.3 Å². The summed E-state index contributed by atoms with van der Waals surface area (Å²) in [6.45, 7) is 8.46. The molecule has 4 rings (SSSR count). The van der Waals surface area contributed by atoms with Gasteiger partial charge in [0.1, 0.15) is 11.2 Å². The van der Waals surface area contributed by atoms with Crippen LogP contribution in [0.4, 0.5) is 5.69 Å². The molecule has 1 aliphatic carbocycles. The lowest BCUT2D eigenvalue weighted by atomic mass is 9.94. The summed E-state index contributed by atoms with van der Waals surface area (Å²) in [7, 11) is 0. The topological polar surface area (TPSA) is 96.3 Å². The summed E-state index contributed by atoms with van der Waals surface area (Å²) in [4.78, 5) is 41.6. The summed E-state index contributed by atoms with van der Waals surface area (Å²) in [5, 5.41) is 10.5. The van der Waals surface area contributed by atoms with Crippen molar-refractivity contribution in [3.63, 3.8) is 0 Å². The Hall–Kier alpha value is -3.16. The van der Waals surface area contributed by atoms with Gasteiger partial charge in [0.25, 0.3) is 11.8 Å². The summed E-state index contributed by atoms with van der Waals surface area (Å²) < 4.78 is 1.52. The van der Waals surface area contributed by atoms with Crippen LogP contribution in [0.1, 0.15) is 84.5 Å². The van der Waals surface area contributed by atoms with Gasteiger partial charge < -0.3 is 15.5 Å². The number of benzene rings is 1. The Morgan fingerprint density at radius 3 is 2.62 bits per heavy atom. The van der Waals surface area contributed by atoms with E-state index in [-0.39, 0.29) is 36.0 Å². The zero-order valence-electron chi connectivity index (χ0n) is 20.6. The monoisotopic (exact) mass is 465 g/mol. The molecule has 0 radical (unpaired) electrons. The second-order valence-corrected chi connectivity index (χ2v) is 9.88. The molecule has 182 valence electrons. The molecule has 1 aromatic carbocycles. The predicted molar refractivity (Wildman–Crippen MR) is 131 cm³/mol. The van der Waals surface area contributed by atoms with Crippen molar-refractivity contribution in [2.75, 3.05) is 11.9 Å². The molecule has 1 atom stereocenters. The maximum absolute atomic E-state index is 13.5. The molecule has 1 aliphatic heterocycles. The number of unbranched alkanes of at least 4 members (excludes halogenated alkanes) is 1. The van der Waals surface area contributed by atoms with Crippen LogP contribution in [-0.4, -0.2) is 50.5 Å². The Balaban J connectivity index is 1.61. The fourth-order valence-corrected chi connectivity index (χ4v) is 4.89. The van der Waals surface area contributed by atoms with Crippen molar-refractivity contribution in [1.82, 2.24) is 20.0 Å². The molecular formula is C26H35N5O3. The highest BCUT2D eigenvalue weighted by Gasteiger charge is 2.48. The molecule has 3 amide bonds. The molecule has 2 aliphatic rings. The van der Waals surface area contributed by atoms with Crippen molar-refractivity contribution < 1.29 is 14.4 Å². The second-order valence-electron chi connectivity index (χ2n) is 9.88. The molecule has 2 aromatic rings. The fourth-order valence-electron chi connectivity index (χ4n) is 4.89. The normalized spacial score (nSPS) is 20.4. The van der Waals surface area contributed by atoms with E-state index in [0.29, 0.717) is 17.9 Å². The average molecular weight is 466 g/mol. The predicted octanol–water partition coefficient (Wildman–Crippen LogP) is 3.83. The van der Waals surface area contributed by atoms with Gasteiger partial charge >= 0.3 is 0 Å². The zero-order valence-corrected chi connectivity index (χ0v) is 20.6. The highest BCUT2D eigenvalue weighted by molar-refractivity contribution is 6.06. The maximum atomic E-state index is 13.5. The first-order valence-corrected chi connectivity index (χ1v) is 12.3. The minimum atomic E-state index is -1.06. The smallest absolute Gasteiger partial charge is 0.276 e. The van der Waals surface area contributed by atoms with Gasteiger partial charge in [-0.05, 0) is 57.2 Å². The zero-order chi connectivity index (χ0) is 24.5. The third-order valence-corrected chi connectivity index (χ3v) is 7.09. The number of nitrogens with zero attached hydrogens (tertiary/aromatic N) is 3. The largest absolute Gasteiger partial charge is 0.351 e. The van der Waals surface area contributed by atoms with E-state index < -0.39 is 5.54 Å². The molecular weight excluding hydrogens is 430 g/mol. The number of aromatic nitrogens is 2. The first kappa shape index (κ1) is 24.0. The van der Waals surface area contributed by atoms with E-state index in [1.54, 1.807) is 4.90 Å². The number of rotatable bonds is 7. The summed E-state index contributed by atoms with van der Waals surface area (Å²) >= 11 is 0. The van der Waals surface area contributed by atoms with Crippen LogP contribution in [0, 0.1) is 13.8 Å². The number of carbonyl (C=O) groups excluding carboxylic acids is 3. The number of carbonyl (C=O) groups is 3. The minimum absolute atomic E-state index is 0.147. The van der Waals surface area contributed by atoms with Crippen LogP contribution >= 0.6 is 0 Å². The van der Waals surface area contributed by atoms with Crippen LogP contribution in [0.2, 0.25) is 0 Å². The minimum Gasteiger partial charge on any atom is -0.351 e. The van der Waals surface area contributed by atoms with E-state index in [9.17, 15) is 14.4 Å². The van der Waals surface area contributed by atoms with Crippen molar-refractivity contribution in [2.24, 2.45) is 0 Å². The lowest BCUT2D eigenvalue weighted by molar-refractivity contribution is -0.133. The van der Waals surface area contributed by atoms with Gasteiger partial charge in [-0.1, -0.05) is 38.3 Å². The number of amides is 3. The Morgan fingerprint density at radius 2 is 1.91 bits per heavy atom. The summed E-state index contributed by atoms with van der Waals surface area (Å²) in [5.41, 5.74) is 2.15. The second kappa shape index (κ2) is 9.60. The standard InChI is InChI=1S/C26H35N5O3/c1-5-6-13-30-24(33)22-15-21(23(32)28-20-14-17(2)11-12-18(20)3)29-31(22)16-26(30,4)25(34)27-19-9-7-8-10-19/h11-12,14-15,19H,5-10,13,16H2,1-4H3,(H,27,34)(H,28,32)/t26-/m0/s1. The van der Waals surface area contributed by atoms with E-state index in [4.69, 9.17) is 0 Å². The van der Waals surface area contributed by atoms with Crippen molar-refractivity contribution >= 4 is 23.4 Å². The van der Waals surface area contributed by atoms with Crippen molar-refractivity contribution in [3.05, 3.63) is 46.8 Å². The third kappa shape index (κ3) is 4.58. The molecule has 0 unspecified atom stereocenters. The van der Waals surface area contributed by atoms with Crippen LogP contribution in [0.5, 0.6) is 0 Å². The number of nitrogens with one attached hydrogen (secondary N) is 2. The van der Waals surface area contributed by atoms with Crippen LogP contribution in [0.3, 0.4) is 0 Å². The average Bonchev–Trinajstić information content (AvgIpc) is 3.46. The molecule has 0 spiro atoms. The van der Waals surface area contributed by atoms with Crippen LogP contribution in [0.15, 0.2) is 24.3 Å². The number of aryl methyl sites for hydroxylation is 2. The molecule has 1 saturated carbocycles. The third-order valence-electron chi connectivity index (χ3n) is 7.09. The van der Waals surface area contributed by atoms with Crippen molar-refractivity contribution in [3.8, 4) is 0 Å². The van der Waals surface area contributed by atoms with Crippen LogP contribution in [0.25, 0.3) is 0 Å². The van der Waals surface area contributed by atoms with E-state index in [0.717, 1.165) is 49.7 Å². The lowest BCUT2D eigenvalue weighted by Gasteiger charge is -2.43. The molecule has 2 N–H and O–H groups in total. The van der Waals surface area contributed by atoms with Gasteiger partial charge in [0.15, 0.2) is 5.69 Å². The number of hydrogen-bond donors (Lipinski definition) is 2. The molecule has 0 bridgehead atoms. The van der Waals surface area contributed by atoms with Gasteiger partial charge in [-0.3, -0.25) is 19.1 Å². The molecule has 2 heterocycles. The van der Waals surface area contributed by atoms with Gasteiger partial charge in [0.05, 0.1) is 6.54 Å². The first-order chi connectivity index (χ1) is 16.2. The van der Waals surface area contributed by atoms with Gasteiger partial charge in [0, 0.05) is 24.3 Å². The summed E-state index contributed by atoms with van der Waals surface area (Å²) in [5.74, 6) is -0.783. The van der Waals surface area contributed by atoms with Crippen molar-refractivity contribution in [1.29, 1.82) is 0 Å². The molecule has 8 nitrogen and oxygen atoms in total. The number of anilines is 1. The lowest BCUT2D eigenvalue weighted by Crippen LogP contribution is -2.65. The number of fused-ring (bicyclic) bond motifs is 1. The highest BCUT2D eigenvalue weighted by Crippen LogP contribution is 2.29. The Morgan fingerprint density at radius 1 is 1.18 bits per heavy atom. The Kier molecular flexibility index (Phi) is 6.77. The van der Waals surface area contributed by atoms with Gasteiger partial charge in [-0.25, -0.2) is 0 Å². The Bertz CT molecular complexity index is 1100. The van der Waals surface area contributed by atoms with E-state index in [2.05, 4.69) is 22.7 Å². The van der Waals surface area contributed by atoms with E-state index in [1.807, 2.05) is 39.0 Å².